The first kappa shape index (κ1) is 19.6. The average molecular weight is 369 g/mol. The van der Waals surface area contributed by atoms with Crippen LogP contribution in [0.2, 0.25) is 0 Å². The van der Waals surface area contributed by atoms with E-state index in [1.54, 1.807) is 12.1 Å². The van der Waals surface area contributed by atoms with Crippen LogP contribution in [0.25, 0.3) is 0 Å². The lowest BCUT2D eigenvalue weighted by molar-refractivity contribution is -0.137. The third-order valence-corrected chi connectivity index (χ3v) is 4.92. The number of methoxy groups -OCH3 is 1. The third kappa shape index (κ3) is 5.36. The van der Waals surface area contributed by atoms with Gasteiger partial charge in [-0.05, 0) is 44.4 Å². The zero-order chi connectivity index (χ0) is 18.6. The smallest absolute Gasteiger partial charge is 0.306 e. The van der Waals surface area contributed by atoms with E-state index in [-0.39, 0.29) is 23.6 Å². The van der Waals surface area contributed by atoms with Crippen LogP contribution in [0.4, 0.5) is 0 Å². The maximum Gasteiger partial charge on any atom is 0.306 e. The molecule has 6 nitrogen and oxygen atoms in total. The zero-order valence-electron chi connectivity index (χ0n) is 15.3. The van der Waals surface area contributed by atoms with Gasteiger partial charge in [0.1, 0.15) is 0 Å². The Bertz CT molecular complexity index is 708. The first-order valence-electron chi connectivity index (χ1n) is 8.58. The highest BCUT2D eigenvalue weighted by Crippen LogP contribution is 2.31. The number of benzene rings is 1. The highest BCUT2D eigenvalue weighted by atomic mass is 32.2. The van der Waals surface area contributed by atoms with E-state index in [0.29, 0.717) is 12.3 Å². The van der Waals surface area contributed by atoms with Gasteiger partial charge in [-0.3, -0.25) is 4.79 Å². The van der Waals surface area contributed by atoms with Crippen molar-refractivity contribution in [1.29, 1.82) is 0 Å². The number of carbonyl (C=O) groups is 1. The van der Waals surface area contributed by atoms with Crippen molar-refractivity contribution in [2.45, 2.75) is 52.1 Å². The fourth-order valence-electron chi connectivity index (χ4n) is 3.17. The largest absolute Gasteiger partial charge is 0.493 e. The first-order chi connectivity index (χ1) is 11.7. The number of nitrogens with zero attached hydrogens (tertiary/aromatic N) is 1. The highest BCUT2D eigenvalue weighted by molar-refractivity contribution is 7.86. The van der Waals surface area contributed by atoms with Gasteiger partial charge < -0.3 is 13.8 Å². The van der Waals surface area contributed by atoms with E-state index in [0.717, 1.165) is 37.5 Å². The number of ether oxygens (including phenoxy) is 1. The van der Waals surface area contributed by atoms with Crippen molar-refractivity contribution in [2.24, 2.45) is 5.92 Å². The van der Waals surface area contributed by atoms with Crippen LogP contribution in [0.1, 0.15) is 45.1 Å². The number of rotatable bonds is 7. The summed E-state index contributed by atoms with van der Waals surface area (Å²) in [4.78, 5) is 14.7. The molecule has 0 aromatic heterocycles. The lowest BCUT2D eigenvalue weighted by atomic mass is 10.0. The maximum absolute atomic E-state index is 12.8. The fraction of sp³-hybridized carbons (Fsp3) is 0.611. The lowest BCUT2D eigenvalue weighted by Crippen LogP contribution is -2.39. The number of carbonyl (C=O) groups excluding carboxylic acids is 1. The molecule has 0 N–H and O–H groups in total. The molecule has 1 amide bonds. The Balaban J connectivity index is 2.23. The molecule has 0 heterocycles. The van der Waals surface area contributed by atoms with Gasteiger partial charge in [-0.15, -0.1) is 0 Å². The Morgan fingerprint density at radius 3 is 2.40 bits per heavy atom. The molecule has 25 heavy (non-hydrogen) atoms. The molecule has 0 aliphatic heterocycles. The second kappa shape index (κ2) is 8.08. The molecule has 1 aromatic carbocycles. The molecule has 1 aliphatic rings. The Kier molecular flexibility index (Phi) is 6.32. The van der Waals surface area contributed by atoms with Crippen molar-refractivity contribution < 1.29 is 22.1 Å². The van der Waals surface area contributed by atoms with Gasteiger partial charge in [0.15, 0.2) is 11.5 Å². The molecule has 2 rings (SSSR count). The first-order valence-corrected chi connectivity index (χ1v) is 10.4. The van der Waals surface area contributed by atoms with Crippen molar-refractivity contribution in [2.75, 3.05) is 13.4 Å². The molecule has 0 bridgehead atoms. The van der Waals surface area contributed by atoms with Gasteiger partial charge in [0.05, 0.1) is 13.4 Å². The minimum absolute atomic E-state index is 0.0643. The summed E-state index contributed by atoms with van der Waals surface area (Å²) in [6, 6.07) is 5.17. The summed E-state index contributed by atoms with van der Waals surface area (Å²) in [5, 5.41) is 0. The quantitative estimate of drug-likeness (QED) is 0.691. The standard InChI is InChI=1S/C18H27NO5S/c1-13(2)19(18(20)15-7-5-6-8-15)12-14-9-10-16(23-3)17(11-14)24-25(4,21)22/h9-11,13,15H,5-8,12H2,1-4H3. The summed E-state index contributed by atoms with van der Waals surface area (Å²) in [5.41, 5.74) is 0.805. The number of hydrogen-bond donors (Lipinski definition) is 0. The van der Waals surface area contributed by atoms with E-state index >= 15 is 0 Å². The van der Waals surface area contributed by atoms with Crippen molar-refractivity contribution in [3.05, 3.63) is 23.8 Å². The molecular formula is C18H27NO5S. The molecule has 7 heteroatoms. The van der Waals surface area contributed by atoms with E-state index < -0.39 is 10.1 Å². The van der Waals surface area contributed by atoms with E-state index in [4.69, 9.17) is 8.92 Å². The van der Waals surface area contributed by atoms with E-state index in [1.165, 1.54) is 7.11 Å². The Hall–Kier alpha value is -1.76. The number of hydrogen-bond acceptors (Lipinski definition) is 5. The second-order valence-corrected chi connectivity index (χ2v) is 8.39. The normalized spacial score (nSPS) is 15.4. The van der Waals surface area contributed by atoms with Gasteiger partial charge >= 0.3 is 10.1 Å². The Labute approximate surface area is 150 Å². The summed E-state index contributed by atoms with van der Waals surface area (Å²) in [6.45, 7) is 4.39. The predicted octanol–water partition coefficient (Wildman–Crippen LogP) is 2.96. The molecule has 1 fully saturated rings. The van der Waals surface area contributed by atoms with Crippen LogP contribution in [-0.4, -0.2) is 38.6 Å². The van der Waals surface area contributed by atoms with Gasteiger partial charge in [-0.1, -0.05) is 18.9 Å². The monoisotopic (exact) mass is 369 g/mol. The van der Waals surface area contributed by atoms with Crippen LogP contribution in [0.5, 0.6) is 11.5 Å². The van der Waals surface area contributed by atoms with E-state index in [2.05, 4.69) is 0 Å². The van der Waals surface area contributed by atoms with Crippen LogP contribution in [0.3, 0.4) is 0 Å². The molecule has 0 saturated heterocycles. The van der Waals surface area contributed by atoms with Crippen LogP contribution >= 0.6 is 0 Å². The minimum atomic E-state index is -3.66. The van der Waals surface area contributed by atoms with Gasteiger partial charge in [-0.25, -0.2) is 0 Å². The van der Waals surface area contributed by atoms with Crippen molar-refractivity contribution in [3.8, 4) is 11.5 Å². The number of amides is 1. The van der Waals surface area contributed by atoms with Crippen molar-refractivity contribution >= 4 is 16.0 Å². The second-order valence-electron chi connectivity index (χ2n) is 6.81. The summed E-state index contributed by atoms with van der Waals surface area (Å²) >= 11 is 0. The van der Waals surface area contributed by atoms with Gasteiger partial charge in [0.25, 0.3) is 0 Å². The summed E-state index contributed by atoms with van der Waals surface area (Å²) in [6.07, 6.45) is 5.11. The minimum Gasteiger partial charge on any atom is -0.493 e. The van der Waals surface area contributed by atoms with Gasteiger partial charge in [0.2, 0.25) is 5.91 Å². The molecule has 0 spiro atoms. The maximum atomic E-state index is 12.8. The van der Waals surface area contributed by atoms with Gasteiger partial charge in [0, 0.05) is 18.5 Å². The Morgan fingerprint density at radius 2 is 1.88 bits per heavy atom. The summed E-state index contributed by atoms with van der Waals surface area (Å²) < 4.78 is 33.1. The summed E-state index contributed by atoms with van der Waals surface area (Å²) in [7, 11) is -2.21. The van der Waals surface area contributed by atoms with Crippen molar-refractivity contribution in [1.82, 2.24) is 4.90 Å². The SMILES string of the molecule is COc1ccc(CN(C(=O)C2CCCC2)C(C)C)cc1OS(C)(=O)=O. The average Bonchev–Trinajstić information content (AvgIpc) is 3.04. The molecule has 0 unspecified atom stereocenters. The molecular weight excluding hydrogens is 342 g/mol. The van der Waals surface area contributed by atoms with Crippen LogP contribution in [0, 0.1) is 5.92 Å². The Morgan fingerprint density at radius 1 is 1.24 bits per heavy atom. The highest BCUT2D eigenvalue weighted by Gasteiger charge is 2.28. The van der Waals surface area contributed by atoms with Gasteiger partial charge in [-0.2, -0.15) is 8.42 Å². The van der Waals surface area contributed by atoms with E-state index in [9.17, 15) is 13.2 Å². The van der Waals surface area contributed by atoms with E-state index in [1.807, 2.05) is 24.8 Å². The van der Waals surface area contributed by atoms with Crippen LogP contribution < -0.4 is 8.92 Å². The predicted molar refractivity (Wildman–Crippen MR) is 96.1 cm³/mol. The van der Waals surface area contributed by atoms with Crippen LogP contribution in [0.15, 0.2) is 18.2 Å². The molecule has 0 radical (unpaired) electrons. The molecule has 140 valence electrons. The van der Waals surface area contributed by atoms with Crippen molar-refractivity contribution in [3.63, 3.8) is 0 Å². The molecule has 1 saturated carbocycles. The topological polar surface area (TPSA) is 72.9 Å². The molecule has 1 aromatic rings. The molecule has 1 aliphatic carbocycles. The van der Waals surface area contributed by atoms with Crippen LogP contribution in [-0.2, 0) is 21.5 Å². The fourth-order valence-corrected chi connectivity index (χ4v) is 3.62. The zero-order valence-corrected chi connectivity index (χ0v) is 16.1. The molecule has 0 atom stereocenters. The lowest BCUT2D eigenvalue weighted by Gasteiger charge is -2.29. The third-order valence-electron chi connectivity index (χ3n) is 4.43. The summed E-state index contributed by atoms with van der Waals surface area (Å²) in [5.74, 6) is 0.758.